The van der Waals surface area contributed by atoms with Crippen LogP contribution in [0.2, 0.25) is 5.02 Å². The van der Waals surface area contributed by atoms with Gasteiger partial charge in [0, 0.05) is 6.42 Å². The highest BCUT2D eigenvalue weighted by Crippen LogP contribution is 2.35. The molecular formula is C17H24ClFO. The highest BCUT2D eigenvalue weighted by atomic mass is 35.5. The van der Waals surface area contributed by atoms with E-state index < -0.39 is 11.4 Å². The minimum Gasteiger partial charge on any atom is -0.390 e. The van der Waals surface area contributed by atoms with Gasteiger partial charge in [0.1, 0.15) is 5.82 Å². The van der Waals surface area contributed by atoms with Crippen molar-refractivity contribution in [2.75, 3.05) is 0 Å². The molecule has 1 N–H and O–H groups in total. The molecule has 3 heteroatoms. The van der Waals surface area contributed by atoms with Crippen molar-refractivity contribution in [2.45, 2.75) is 63.9 Å². The summed E-state index contributed by atoms with van der Waals surface area (Å²) in [5.74, 6) is 0.348. The van der Waals surface area contributed by atoms with E-state index in [0.717, 1.165) is 37.2 Å². The van der Waals surface area contributed by atoms with E-state index in [1.54, 1.807) is 6.07 Å². The lowest BCUT2D eigenvalue weighted by Gasteiger charge is -2.27. The maximum atomic E-state index is 13.5. The van der Waals surface area contributed by atoms with Crippen LogP contribution in [0, 0.1) is 11.7 Å². The van der Waals surface area contributed by atoms with E-state index >= 15 is 0 Å². The summed E-state index contributed by atoms with van der Waals surface area (Å²) in [4.78, 5) is 0. The molecule has 0 spiro atoms. The lowest BCUT2D eigenvalue weighted by atomic mass is 9.87. The third-order valence-electron chi connectivity index (χ3n) is 4.49. The second kappa shape index (κ2) is 6.91. The van der Waals surface area contributed by atoms with Gasteiger partial charge in [-0.25, -0.2) is 4.39 Å². The SMILES string of the molecule is CCCC1CCCC(O)(Cc2ccc(Cl)c(F)c2)CC1. The fraction of sp³-hybridized carbons (Fsp3) is 0.647. The molecule has 0 saturated heterocycles. The number of benzene rings is 1. The standard InChI is InChI=1S/C17H24ClFO/c1-2-4-13-5-3-9-17(20,10-8-13)12-14-6-7-15(18)16(19)11-14/h6-7,11,13,20H,2-5,8-10,12H2,1H3. The van der Waals surface area contributed by atoms with Gasteiger partial charge in [0.05, 0.1) is 10.6 Å². The average molecular weight is 299 g/mol. The normalized spacial score (nSPS) is 27.3. The molecule has 112 valence electrons. The second-order valence-corrected chi connectivity index (χ2v) is 6.64. The number of rotatable bonds is 4. The molecule has 0 radical (unpaired) electrons. The highest BCUT2D eigenvalue weighted by Gasteiger charge is 2.30. The van der Waals surface area contributed by atoms with Crippen LogP contribution in [0.4, 0.5) is 4.39 Å². The zero-order chi connectivity index (χ0) is 14.6. The van der Waals surface area contributed by atoms with Crippen LogP contribution in [-0.2, 0) is 6.42 Å². The van der Waals surface area contributed by atoms with E-state index in [9.17, 15) is 9.50 Å². The summed E-state index contributed by atoms with van der Waals surface area (Å²) in [6.07, 6.45) is 8.00. The fourth-order valence-corrected chi connectivity index (χ4v) is 3.48. The zero-order valence-corrected chi connectivity index (χ0v) is 12.9. The van der Waals surface area contributed by atoms with Crippen molar-refractivity contribution in [2.24, 2.45) is 5.92 Å². The molecule has 2 atom stereocenters. The average Bonchev–Trinajstić information content (AvgIpc) is 2.57. The van der Waals surface area contributed by atoms with Gasteiger partial charge in [0.2, 0.25) is 0 Å². The molecule has 1 saturated carbocycles. The van der Waals surface area contributed by atoms with E-state index in [2.05, 4.69) is 6.92 Å². The van der Waals surface area contributed by atoms with Crippen LogP contribution >= 0.6 is 11.6 Å². The minimum atomic E-state index is -0.678. The molecule has 1 aliphatic rings. The summed E-state index contributed by atoms with van der Waals surface area (Å²) in [7, 11) is 0. The van der Waals surface area contributed by atoms with Gasteiger partial charge < -0.3 is 5.11 Å². The lowest BCUT2D eigenvalue weighted by Crippen LogP contribution is -2.30. The molecule has 0 bridgehead atoms. The predicted octanol–water partition coefficient (Wildman–Crippen LogP) is 5.13. The van der Waals surface area contributed by atoms with Gasteiger partial charge in [-0.3, -0.25) is 0 Å². The van der Waals surface area contributed by atoms with Crippen LogP contribution < -0.4 is 0 Å². The first kappa shape index (κ1) is 15.8. The first-order chi connectivity index (χ1) is 9.52. The van der Waals surface area contributed by atoms with E-state index in [1.807, 2.05) is 6.07 Å². The Morgan fingerprint density at radius 2 is 2.15 bits per heavy atom. The van der Waals surface area contributed by atoms with Gasteiger partial charge in [-0.05, 0) is 42.9 Å². The molecular weight excluding hydrogens is 275 g/mol. The maximum absolute atomic E-state index is 13.5. The van der Waals surface area contributed by atoms with E-state index in [0.29, 0.717) is 6.42 Å². The van der Waals surface area contributed by atoms with Gasteiger partial charge in [0.15, 0.2) is 0 Å². The third kappa shape index (κ3) is 4.20. The monoisotopic (exact) mass is 298 g/mol. The number of hydrogen-bond acceptors (Lipinski definition) is 1. The molecule has 0 amide bonds. The summed E-state index contributed by atoms with van der Waals surface area (Å²) in [6.45, 7) is 2.22. The summed E-state index contributed by atoms with van der Waals surface area (Å²) < 4.78 is 13.5. The van der Waals surface area contributed by atoms with E-state index in [4.69, 9.17) is 11.6 Å². The van der Waals surface area contributed by atoms with Crippen molar-refractivity contribution in [1.82, 2.24) is 0 Å². The summed E-state index contributed by atoms with van der Waals surface area (Å²) in [5.41, 5.74) is 0.159. The number of hydrogen-bond donors (Lipinski definition) is 1. The Hall–Kier alpha value is -0.600. The first-order valence-electron chi connectivity index (χ1n) is 7.69. The molecule has 0 heterocycles. The summed E-state index contributed by atoms with van der Waals surface area (Å²) in [6, 6.07) is 4.85. The second-order valence-electron chi connectivity index (χ2n) is 6.24. The smallest absolute Gasteiger partial charge is 0.142 e. The van der Waals surface area contributed by atoms with Crippen molar-refractivity contribution < 1.29 is 9.50 Å². The highest BCUT2D eigenvalue weighted by molar-refractivity contribution is 6.30. The maximum Gasteiger partial charge on any atom is 0.142 e. The van der Waals surface area contributed by atoms with Crippen molar-refractivity contribution in [3.8, 4) is 0 Å². The van der Waals surface area contributed by atoms with E-state index in [-0.39, 0.29) is 5.02 Å². The fourth-order valence-electron chi connectivity index (χ4n) is 3.37. The zero-order valence-electron chi connectivity index (χ0n) is 12.2. The quantitative estimate of drug-likeness (QED) is 0.764. The molecule has 2 rings (SSSR count). The lowest BCUT2D eigenvalue weighted by molar-refractivity contribution is 0.0240. The Balaban J connectivity index is 2.01. The molecule has 1 aromatic carbocycles. The molecule has 1 nitrogen and oxygen atoms in total. The first-order valence-corrected chi connectivity index (χ1v) is 8.06. The van der Waals surface area contributed by atoms with Crippen molar-refractivity contribution >= 4 is 11.6 Å². The van der Waals surface area contributed by atoms with Crippen LogP contribution in [0.15, 0.2) is 18.2 Å². The van der Waals surface area contributed by atoms with Crippen molar-refractivity contribution in [3.05, 3.63) is 34.6 Å². The van der Waals surface area contributed by atoms with Gasteiger partial charge in [-0.15, -0.1) is 0 Å². The van der Waals surface area contributed by atoms with Crippen LogP contribution in [0.3, 0.4) is 0 Å². The van der Waals surface area contributed by atoms with E-state index in [1.165, 1.54) is 25.3 Å². The van der Waals surface area contributed by atoms with Crippen LogP contribution in [0.1, 0.15) is 57.4 Å². The Bertz CT molecular complexity index is 449. The van der Waals surface area contributed by atoms with Crippen molar-refractivity contribution in [3.63, 3.8) is 0 Å². The van der Waals surface area contributed by atoms with Crippen molar-refractivity contribution in [1.29, 1.82) is 0 Å². The predicted molar refractivity (Wildman–Crippen MR) is 81.5 cm³/mol. The minimum absolute atomic E-state index is 0.143. The largest absolute Gasteiger partial charge is 0.390 e. The van der Waals surface area contributed by atoms with Gasteiger partial charge >= 0.3 is 0 Å². The molecule has 0 aliphatic heterocycles. The Labute approximate surface area is 126 Å². The topological polar surface area (TPSA) is 20.2 Å². The Morgan fingerprint density at radius 3 is 2.85 bits per heavy atom. The third-order valence-corrected chi connectivity index (χ3v) is 4.79. The molecule has 20 heavy (non-hydrogen) atoms. The van der Waals surface area contributed by atoms with Crippen LogP contribution in [0.5, 0.6) is 0 Å². The van der Waals surface area contributed by atoms with Gasteiger partial charge in [-0.1, -0.05) is 50.3 Å². The molecule has 1 aromatic rings. The molecule has 1 aliphatic carbocycles. The summed E-state index contributed by atoms with van der Waals surface area (Å²) in [5, 5.41) is 10.9. The Kier molecular flexibility index (Phi) is 5.45. The molecule has 1 fully saturated rings. The van der Waals surface area contributed by atoms with Crippen LogP contribution in [-0.4, -0.2) is 10.7 Å². The molecule has 0 aromatic heterocycles. The Morgan fingerprint density at radius 1 is 1.35 bits per heavy atom. The van der Waals surface area contributed by atoms with Gasteiger partial charge in [-0.2, -0.15) is 0 Å². The number of aliphatic hydroxyl groups is 1. The summed E-state index contributed by atoms with van der Waals surface area (Å²) >= 11 is 5.70. The molecule has 2 unspecified atom stereocenters. The van der Waals surface area contributed by atoms with Gasteiger partial charge in [0.25, 0.3) is 0 Å². The van der Waals surface area contributed by atoms with Crippen LogP contribution in [0.25, 0.3) is 0 Å². The number of halogens is 2.